The predicted octanol–water partition coefficient (Wildman–Crippen LogP) is 7.35. The van der Waals surface area contributed by atoms with Gasteiger partial charge in [-0.1, -0.05) is 78.9 Å². The number of nitrogens with zero attached hydrogens (tertiary/aromatic N) is 3. The van der Waals surface area contributed by atoms with Crippen LogP contribution >= 0.6 is 0 Å². The highest BCUT2D eigenvalue weighted by atomic mass is 16.3. The van der Waals surface area contributed by atoms with Crippen molar-refractivity contribution < 1.29 is 4.42 Å². The molecular weight excluding hydrogens is 406 g/mol. The van der Waals surface area contributed by atoms with Gasteiger partial charge in [-0.3, -0.25) is 0 Å². The van der Waals surface area contributed by atoms with Crippen LogP contribution in [0.4, 0.5) is 0 Å². The van der Waals surface area contributed by atoms with Crippen molar-refractivity contribution in [2.45, 2.75) is 12.8 Å². The lowest BCUT2D eigenvalue weighted by molar-refractivity contribution is 0.620. The highest BCUT2D eigenvalue weighted by molar-refractivity contribution is 5.92. The molecule has 0 bridgehead atoms. The van der Waals surface area contributed by atoms with Crippen molar-refractivity contribution in [1.29, 1.82) is 0 Å². The van der Waals surface area contributed by atoms with Crippen LogP contribution < -0.4 is 0 Å². The van der Waals surface area contributed by atoms with Gasteiger partial charge in [0.1, 0.15) is 5.52 Å². The maximum absolute atomic E-state index is 6.10. The number of para-hydroxylation sites is 1. The number of rotatable bonds is 4. The van der Waals surface area contributed by atoms with Gasteiger partial charge in [-0.25, -0.2) is 15.0 Å². The number of hydrogen-bond donors (Lipinski definition) is 0. The Morgan fingerprint density at radius 1 is 0.667 bits per heavy atom. The van der Waals surface area contributed by atoms with Gasteiger partial charge in [-0.2, -0.15) is 0 Å². The zero-order chi connectivity index (χ0) is 22.0. The van der Waals surface area contributed by atoms with Gasteiger partial charge in [0.25, 0.3) is 0 Å². The monoisotopic (exact) mass is 427 g/mol. The molecule has 4 nitrogen and oxygen atoms in total. The summed E-state index contributed by atoms with van der Waals surface area (Å²) in [6.07, 6.45) is 8.67. The van der Waals surface area contributed by atoms with E-state index in [1.54, 1.807) is 0 Å². The minimum absolute atomic E-state index is 0.605. The second kappa shape index (κ2) is 8.32. The molecule has 0 amide bonds. The Bertz CT molecular complexity index is 1500. The number of hydrogen-bond acceptors (Lipinski definition) is 4. The van der Waals surface area contributed by atoms with Crippen LogP contribution in [-0.2, 0) is 0 Å². The van der Waals surface area contributed by atoms with E-state index >= 15 is 0 Å². The maximum atomic E-state index is 6.10. The molecule has 0 saturated carbocycles. The molecule has 1 aliphatic rings. The first kappa shape index (κ1) is 19.4. The largest absolute Gasteiger partial charge is 0.436 e. The molecule has 158 valence electrons. The normalized spacial score (nSPS) is 13.3. The third-order valence-electron chi connectivity index (χ3n) is 5.76. The van der Waals surface area contributed by atoms with Gasteiger partial charge < -0.3 is 4.42 Å². The summed E-state index contributed by atoms with van der Waals surface area (Å²) in [7, 11) is 0. The van der Waals surface area contributed by atoms with E-state index in [9.17, 15) is 0 Å². The minimum atomic E-state index is 0.605. The number of aromatic nitrogens is 3. The number of oxazole rings is 1. The molecule has 2 aromatic heterocycles. The average Bonchev–Trinajstić information content (AvgIpc) is 3.35. The summed E-state index contributed by atoms with van der Waals surface area (Å²) in [5.41, 5.74) is 7.27. The van der Waals surface area contributed by atoms with Crippen molar-refractivity contribution in [2.75, 3.05) is 0 Å². The third-order valence-corrected chi connectivity index (χ3v) is 5.76. The summed E-state index contributed by atoms with van der Waals surface area (Å²) >= 11 is 0. The van der Waals surface area contributed by atoms with Crippen molar-refractivity contribution in [3.8, 4) is 34.1 Å². The summed E-state index contributed by atoms with van der Waals surface area (Å²) in [4.78, 5) is 14.7. The van der Waals surface area contributed by atoms with Crippen molar-refractivity contribution >= 4 is 16.7 Å². The molecule has 2 heterocycles. The number of fused-ring (bicyclic) bond motifs is 1. The Labute approximate surface area is 192 Å². The van der Waals surface area contributed by atoms with Gasteiger partial charge in [0.15, 0.2) is 11.4 Å². The topological polar surface area (TPSA) is 51.8 Å². The molecule has 0 spiro atoms. The molecule has 0 saturated heterocycles. The Kier molecular flexibility index (Phi) is 4.89. The second-order valence-electron chi connectivity index (χ2n) is 8.00. The lowest BCUT2D eigenvalue weighted by atomic mass is 10.0. The zero-order valence-corrected chi connectivity index (χ0v) is 18.0. The molecule has 6 rings (SSSR count). The first-order valence-corrected chi connectivity index (χ1v) is 11.1. The average molecular weight is 428 g/mol. The maximum Gasteiger partial charge on any atom is 0.227 e. The lowest BCUT2D eigenvalue weighted by Crippen LogP contribution is -1.99. The van der Waals surface area contributed by atoms with E-state index in [2.05, 4.69) is 24.3 Å². The van der Waals surface area contributed by atoms with Crippen LogP contribution in [0, 0.1) is 0 Å². The highest BCUT2D eigenvalue weighted by Crippen LogP contribution is 2.33. The minimum Gasteiger partial charge on any atom is -0.436 e. The van der Waals surface area contributed by atoms with E-state index < -0.39 is 0 Å². The predicted molar refractivity (Wildman–Crippen MR) is 132 cm³/mol. The van der Waals surface area contributed by atoms with Crippen LogP contribution in [0.25, 0.3) is 50.8 Å². The summed E-state index contributed by atoms with van der Waals surface area (Å²) in [5.74, 6) is 1.31. The van der Waals surface area contributed by atoms with Crippen molar-refractivity contribution in [3.05, 3.63) is 109 Å². The van der Waals surface area contributed by atoms with E-state index in [1.807, 2.05) is 78.9 Å². The Balaban J connectivity index is 1.55. The van der Waals surface area contributed by atoms with Crippen molar-refractivity contribution in [3.63, 3.8) is 0 Å². The van der Waals surface area contributed by atoms with E-state index in [1.165, 1.54) is 0 Å². The van der Waals surface area contributed by atoms with Crippen molar-refractivity contribution in [1.82, 2.24) is 15.0 Å². The summed E-state index contributed by atoms with van der Waals surface area (Å²) < 4.78 is 6.10. The molecular formula is C29H21N3O. The quantitative estimate of drug-likeness (QED) is 0.301. The van der Waals surface area contributed by atoms with Crippen LogP contribution in [0.2, 0.25) is 0 Å². The van der Waals surface area contributed by atoms with Gasteiger partial charge in [-0.05, 0) is 42.7 Å². The first-order chi connectivity index (χ1) is 16.3. The fourth-order valence-corrected chi connectivity index (χ4v) is 4.11. The number of benzene rings is 3. The SMILES string of the molecule is C1=CC(c2cc(-c3cccc4oc(-c5ccccc5)nc34)nc(-c3ccccc3)n2)=CCC1. The molecule has 3 aromatic carbocycles. The van der Waals surface area contributed by atoms with E-state index in [0.29, 0.717) is 11.7 Å². The molecule has 0 fully saturated rings. The second-order valence-corrected chi connectivity index (χ2v) is 8.00. The van der Waals surface area contributed by atoms with Crippen LogP contribution in [-0.4, -0.2) is 15.0 Å². The van der Waals surface area contributed by atoms with Gasteiger partial charge in [0.2, 0.25) is 5.89 Å². The molecule has 0 radical (unpaired) electrons. The van der Waals surface area contributed by atoms with E-state index in [4.69, 9.17) is 19.4 Å². The first-order valence-electron chi connectivity index (χ1n) is 11.1. The van der Waals surface area contributed by atoms with Crippen LogP contribution in [0.15, 0.2) is 108 Å². The molecule has 5 aromatic rings. The van der Waals surface area contributed by atoms with Crippen LogP contribution in [0.3, 0.4) is 0 Å². The molecule has 33 heavy (non-hydrogen) atoms. The summed E-state index contributed by atoms with van der Waals surface area (Å²) in [6, 6.07) is 28.1. The number of allylic oxidation sites excluding steroid dienone is 4. The molecule has 0 N–H and O–H groups in total. The molecule has 0 aliphatic heterocycles. The Morgan fingerprint density at radius 2 is 1.42 bits per heavy atom. The van der Waals surface area contributed by atoms with Gasteiger partial charge in [0.05, 0.1) is 11.4 Å². The fraction of sp³-hybridized carbons (Fsp3) is 0.0690. The van der Waals surface area contributed by atoms with Gasteiger partial charge in [0, 0.05) is 16.7 Å². The van der Waals surface area contributed by atoms with E-state index in [-0.39, 0.29) is 0 Å². The molecule has 0 unspecified atom stereocenters. The summed E-state index contributed by atoms with van der Waals surface area (Å²) in [5, 5.41) is 0. The standard InChI is InChI=1S/C29H21N3O/c1-4-11-20(12-5-1)24-19-25(31-28(30-24)21-13-6-2-7-14-21)23-17-10-18-26-27(23)32-29(33-26)22-15-8-3-9-16-22/h2-4,6-19H,1,5H2. The zero-order valence-electron chi connectivity index (χ0n) is 18.0. The van der Waals surface area contributed by atoms with Crippen molar-refractivity contribution in [2.24, 2.45) is 0 Å². The van der Waals surface area contributed by atoms with E-state index in [0.717, 1.165) is 57.6 Å². The molecule has 1 aliphatic carbocycles. The van der Waals surface area contributed by atoms with Crippen LogP contribution in [0.5, 0.6) is 0 Å². The van der Waals surface area contributed by atoms with Gasteiger partial charge in [-0.15, -0.1) is 0 Å². The third kappa shape index (κ3) is 3.76. The van der Waals surface area contributed by atoms with Crippen LogP contribution in [0.1, 0.15) is 18.5 Å². The molecule has 0 atom stereocenters. The van der Waals surface area contributed by atoms with Gasteiger partial charge >= 0.3 is 0 Å². The molecule has 4 heteroatoms. The smallest absolute Gasteiger partial charge is 0.227 e. The lowest BCUT2D eigenvalue weighted by Gasteiger charge is -2.11. The Hall–Kier alpha value is -4.31. The fourth-order valence-electron chi connectivity index (χ4n) is 4.11. The Morgan fingerprint density at radius 3 is 2.18 bits per heavy atom. The highest BCUT2D eigenvalue weighted by Gasteiger charge is 2.17. The summed E-state index contributed by atoms with van der Waals surface area (Å²) in [6.45, 7) is 0.